The maximum atomic E-state index is 12.8. The molecule has 2 aromatic carbocycles. The van der Waals surface area contributed by atoms with Crippen LogP contribution in [0.1, 0.15) is 25.0 Å². The molecule has 4 N–H and O–H groups in total. The van der Waals surface area contributed by atoms with E-state index in [1.807, 2.05) is 31.2 Å². The van der Waals surface area contributed by atoms with Crippen LogP contribution in [0.4, 0.5) is 5.69 Å². The predicted octanol–water partition coefficient (Wildman–Crippen LogP) is 2.76. The van der Waals surface area contributed by atoms with Gasteiger partial charge in [0, 0.05) is 0 Å². The van der Waals surface area contributed by atoms with E-state index in [0.717, 1.165) is 11.1 Å². The first-order valence-electron chi connectivity index (χ1n) is 8.46. The van der Waals surface area contributed by atoms with Crippen LogP contribution < -0.4 is 16.1 Å². The molecule has 0 bridgehead atoms. The molecular weight excluding hydrogens is 374 g/mol. The SMILES string of the molecule is CC1=N/C(=C/c2ccc(O)cc2)C(=O)N1c1ccc(/C(C)=N/NC(N)=S)cc1. The summed E-state index contributed by atoms with van der Waals surface area (Å²) in [5.74, 6) is 0.547. The molecule has 0 saturated carbocycles. The number of carbonyl (C=O) groups is 1. The quantitative estimate of drug-likeness (QED) is 0.321. The molecule has 1 heterocycles. The van der Waals surface area contributed by atoms with Crippen LogP contribution in [0.2, 0.25) is 0 Å². The standard InChI is InChI=1S/C20H19N5O2S/c1-12(23-24-20(21)28)15-5-7-16(8-6-15)25-13(2)22-18(19(25)27)11-14-3-9-17(26)10-4-14/h3-11,26H,1-2H3,(H3,21,24,28)/b18-11+,23-12+. The van der Waals surface area contributed by atoms with Crippen molar-refractivity contribution in [2.75, 3.05) is 4.90 Å². The topological polar surface area (TPSA) is 103 Å². The van der Waals surface area contributed by atoms with Crippen LogP contribution in [0.3, 0.4) is 0 Å². The van der Waals surface area contributed by atoms with E-state index in [2.05, 4.69) is 15.5 Å². The summed E-state index contributed by atoms with van der Waals surface area (Å²) in [6.07, 6.45) is 1.69. The van der Waals surface area contributed by atoms with Crippen LogP contribution in [0.5, 0.6) is 5.75 Å². The molecule has 1 aliphatic heterocycles. The van der Waals surface area contributed by atoms with E-state index in [1.165, 1.54) is 0 Å². The zero-order valence-electron chi connectivity index (χ0n) is 15.4. The Bertz CT molecular complexity index is 1010. The van der Waals surface area contributed by atoms with Gasteiger partial charge in [0.15, 0.2) is 5.11 Å². The molecule has 3 rings (SSSR count). The molecular formula is C20H19N5O2S. The van der Waals surface area contributed by atoms with Crippen molar-refractivity contribution in [1.29, 1.82) is 0 Å². The lowest BCUT2D eigenvalue weighted by Gasteiger charge is -2.16. The van der Waals surface area contributed by atoms with Gasteiger partial charge in [0.25, 0.3) is 5.91 Å². The van der Waals surface area contributed by atoms with E-state index in [1.54, 1.807) is 42.2 Å². The average molecular weight is 393 g/mol. The Kier molecular flexibility index (Phi) is 5.51. The second kappa shape index (κ2) is 8.01. The highest BCUT2D eigenvalue weighted by atomic mass is 32.1. The molecule has 0 saturated heterocycles. The zero-order chi connectivity index (χ0) is 20.3. The third-order valence-corrected chi connectivity index (χ3v) is 4.19. The average Bonchev–Trinajstić information content (AvgIpc) is 2.95. The number of amidine groups is 1. The Morgan fingerprint density at radius 1 is 1.21 bits per heavy atom. The van der Waals surface area contributed by atoms with Crippen molar-refractivity contribution in [2.45, 2.75) is 13.8 Å². The number of carbonyl (C=O) groups excluding carboxylic acids is 1. The van der Waals surface area contributed by atoms with Crippen LogP contribution in [-0.4, -0.2) is 27.7 Å². The monoisotopic (exact) mass is 393 g/mol. The molecule has 1 amide bonds. The first-order chi connectivity index (χ1) is 13.3. The van der Waals surface area contributed by atoms with E-state index >= 15 is 0 Å². The van der Waals surface area contributed by atoms with Gasteiger partial charge >= 0.3 is 0 Å². The largest absolute Gasteiger partial charge is 0.508 e. The lowest BCUT2D eigenvalue weighted by Crippen LogP contribution is -2.30. The minimum atomic E-state index is -0.209. The van der Waals surface area contributed by atoms with Gasteiger partial charge in [-0.05, 0) is 67.5 Å². The molecule has 0 unspecified atom stereocenters. The molecule has 2 aromatic rings. The molecule has 0 radical (unpaired) electrons. The molecule has 8 heteroatoms. The molecule has 0 aliphatic carbocycles. The zero-order valence-corrected chi connectivity index (χ0v) is 16.2. The highest BCUT2D eigenvalue weighted by molar-refractivity contribution is 7.80. The molecule has 0 fully saturated rings. The van der Waals surface area contributed by atoms with Crippen molar-refractivity contribution >= 4 is 46.5 Å². The fourth-order valence-corrected chi connectivity index (χ4v) is 2.76. The Hall–Kier alpha value is -3.52. The number of amides is 1. The number of hydrogen-bond donors (Lipinski definition) is 3. The van der Waals surface area contributed by atoms with E-state index < -0.39 is 0 Å². The molecule has 0 aromatic heterocycles. The highest BCUT2D eigenvalue weighted by Gasteiger charge is 2.28. The number of thiocarbonyl (C=S) groups is 1. The summed E-state index contributed by atoms with van der Waals surface area (Å²) in [6.45, 7) is 3.61. The second-order valence-corrected chi connectivity index (χ2v) is 6.58. The van der Waals surface area contributed by atoms with E-state index in [0.29, 0.717) is 22.9 Å². The predicted molar refractivity (Wildman–Crippen MR) is 115 cm³/mol. The van der Waals surface area contributed by atoms with Gasteiger partial charge in [0.1, 0.15) is 17.3 Å². The van der Waals surface area contributed by atoms with Crippen molar-refractivity contribution < 1.29 is 9.90 Å². The summed E-state index contributed by atoms with van der Waals surface area (Å²) in [6, 6.07) is 14.0. The van der Waals surface area contributed by atoms with Crippen molar-refractivity contribution in [3.63, 3.8) is 0 Å². The van der Waals surface area contributed by atoms with Crippen LogP contribution in [0.15, 0.2) is 64.3 Å². The first-order valence-corrected chi connectivity index (χ1v) is 8.86. The number of nitrogens with zero attached hydrogens (tertiary/aromatic N) is 3. The lowest BCUT2D eigenvalue weighted by atomic mass is 10.1. The number of benzene rings is 2. The van der Waals surface area contributed by atoms with Crippen molar-refractivity contribution in [1.82, 2.24) is 5.43 Å². The van der Waals surface area contributed by atoms with Crippen LogP contribution in [0.25, 0.3) is 6.08 Å². The van der Waals surface area contributed by atoms with E-state index in [-0.39, 0.29) is 16.8 Å². The van der Waals surface area contributed by atoms with Gasteiger partial charge in [-0.25, -0.2) is 4.99 Å². The highest BCUT2D eigenvalue weighted by Crippen LogP contribution is 2.25. The third kappa shape index (κ3) is 4.24. The number of aliphatic imine (C=N–C) groups is 1. The van der Waals surface area contributed by atoms with Gasteiger partial charge < -0.3 is 10.8 Å². The number of nitrogens with two attached hydrogens (primary N) is 1. The molecule has 0 spiro atoms. The Balaban J connectivity index is 1.82. The number of nitrogens with one attached hydrogen (secondary N) is 1. The van der Waals surface area contributed by atoms with Gasteiger partial charge in [-0.15, -0.1) is 0 Å². The number of phenolic OH excluding ortho intramolecular Hbond substituents is 1. The molecule has 0 atom stereocenters. The maximum Gasteiger partial charge on any atom is 0.282 e. The smallest absolute Gasteiger partial charge is 0.282 e. The van der Waals surface area contributed by atoms with Crippen molar-refractivity contribution in [3.05, 3.63) is 65.4 Å². The van der Waals surface area contributed by atoms with Gasteiger partial charge in [-0.2, -0.15) is 5.10 Å². The molecule has 1 aliphatic rings. The minimum absolute atomic E-state index is 0.0958. The Morgan fingerprint density at radius 3 is 2.46 bits per heavy atom. The first kappa shape index (κ1) is 19.2. The lowest BCUT2D eigenvalue weighted by molar-refractivity contribution is -0.113. The number of anilines is 1. The molecule has 142 valence electrons. The number of phenols is 1. The fraction of sp³-hybridized carbons (Fsp3) is 0.100. The number of hydrogen-bond acceptors (Lipinski definition) is 5. The summed E-state index contributed by atoms with van der Waals surface area (Å²) in [4.78, 5) is 18.7. The molecule has 28 heavy (non-hydrogen) atoms. The second-order valence-electron chi connectivity index (χ2n) is 6.14. The van der Waals surface area contributed by atoms with Gasteiger partial charge in [-0.3, -0.25) is 15.1 Å². The van der Waals surface area contributed by atoms with Crippen LogP contribution >= 0.6 is 12.2 Å². The van der Waals surface area contributed by atoms with Crippen LogP contribution in [0, 0.1) is 0 Å². The molecule has 7 nitrogen and oxygen atoms in total. The summed E-state index contributed by atoms with van der Waals surface area (Å²) >= 11 is 4.73. The van der Waals surface area contributed by atoms with Crippen LogP contribution in [-0.2, 0) is 4.79 Å². The van der Waals surface area contributed by atoms with Crippen molar-refractivity contribution in [2.24, 2.45) is 15.8 Å². The van der Waals surface area contributed by atoms with Crippen molar-refractivity contribution in [3.8, 4) is 5.75 Å². The number of rotatable bonds is 4. The third-order valence-electron chi connectivity index (χ3n) is 4.10. The number of aromatic hydroxyl groups is 1. The summed E-state index contributed by atoms with van der Waals surface area (Å²) in [5, 5.41) is 13.6. The Labute approximate surface area is 167 Å². The van der Waals surface area contributed by atoms with E-state index in [4.69, 9.17) is 18.0 Å². The van der Waals surface area contributed by atoms with Gasteiger partial charge in [0.2, 0.25) is 0 Å². The minimum Gasteiger partial charge on any atom is -0.508 e. The summed E-state index contributed by atoms with van der Waals surface area (Å²) in [7, 11) is 0. The number of hydrazone groups is 1. The summed E-state index contributed by atoms with van der Waals surface area (Å²) < 4.78 is 0. The van der Waals surface area contributed by atoms with Gasteiger partial charge in [0.05, 0.1) is 11.4 Å². The maximum absolute atomic E-state index is 12.8. The van der Waals surface area contributed by atoms with E-state index in [9.17, 15) is 9.90 Å². The fourth-order valence-electron chi connectivity index (χ4n) is 2.72. The van der Waals surface area contributed by atoms with Gasteiger partial charge in [-0.1, -0.05) is 24.3 Å². The Morgan fingerprint density at radius 2 is 1.86 bits per heavy atom. The summed E-state index contributed by atoms with van der Waals surface area (Å²) in [5.41, 5.74) is 11.3. The normalized spacial score (nSPS) is 15.7.